The number of carbonyl (C=O) groups is 4. The second kappa shape index (κ2) is 13.1. The molecule has 4 N–H and O–H groups in total. The van der Waals surface area contributed by atoms with Gasteiger partial charge in [0.2, 0.25) is 11.8 Å². The predicted octanol–water partition coefficient (Wildman–Crippen LogP) is 5.13. The van der Waals surface area contributed by atoms with Gasteiger partial charge >= 0.3 is 11.9 Å². The van der Waals surface area contributed by atoms with Crippen LogP contribution in [-0.2, 0) is 22.4 Å². The third kappa shape index (κ3) is 7.30. The van der Waals surface area contributed by atoms with Gasteiger partial charge in [0.05, 0.1) is 49.6 Å². The first kappa shape index (κ1) is 29.3. The maximum absolute atomic E-state index is 12.6. The van der Waals surface area contributed by atoms with Crippen molar-refractivity contribution in [2.45, 2.75) is 12.8 Å². The summed E-state index contributed by atoms with van der Waals surface area (Å²) in [5.41, 5.74) is 2.15. The average Bonchev–Trinajstić information content (AvgIpc) is 2.98. The number of nitrogens with one attached hydrogen (secondary N) is 2. The minimum Gasteiger partial charge on any atom is -0.497 e. The summed E-state index contributed by atoms with van der Waals surface area (Å²) in [4.78, 5) is 49.3. The van der Waals surface area contributed by atoms with Gasteiger partial charge in [-0.2, -0.15) is 0 Å². The van der Waals surface area contributed by atoms with Crippen molar-refractivity contribution in [3.63, 3.8) is 0 Å². The zero-order valence-corrected chi connectivity index (χ0v) is 22.8. The van der Waals surface area contributed by atoms with Crippen molar-refractivity contribution in [1.29, 1.82) is 0 Å². The summed E-state index contributed by atoms with van der Waals surface area (Å²) in [7, 11) is 3.08. The van der Waals surface area contributed by atoms with Crippen LogP contribution in [0.5, 0.6) is 11.5 Å². The molecule has 4 aromatic carbocycles. The molecule has 0 spiro atoms. The summed E-state index contributed by atoms with van der Waals surface area (Å²) in [5, 5.41) is 24.9. The lowest BCUT2D eigenvalue weighted by atomic mass is 9.98. The number of carboxylic acids is 2. The predicted molar refractivity (Wildman–Crippen MR) is 156 cm³/mol. The van der Waals surface area contributed by atoms with E-state index in [1.807, 2.05) is 0 Å². The fourth-order valence-corrected chi connectivity index (χ4v) is 4.27. The highest BCUT2D eigenvalue weighted by atomic mass is 16.5. The van der Waals surface area contributed by atoms with Gasteiger partial charge in [0.1, 0.15) is 11.5 Å². The molecule has 0 bridgehead atoms. The molecule has 0 unspecified atom stereocenters. The van der Waals surface area contributed by atoms with Crippen molar-refractivity contribution in [3.05, 3.63) is 107 Å². The second-order valence-electron chi connectivity index (χ2n) is 9.28. The topological polar surface area (TPSA) is 151 Å². The van der Waals surface area contributed by atoms with Crippen LogP contribution in [0.25, 0.3) is 11.1 Å². The van der Waals surface area contributed by atoms with E-state index in [0.29, 0.717) is 22.6 Å². The highest BCUT2D eigenvalue weighted by Gasteiger charge is 2.18. The Balaban J connectivity index is 1.52. The van der Waals surface area contributed by atoms with E-state index >= 15 is 0 Å². The number of hydrogen-bond acceptors (Lipinski definition) is 6. The van der Waals surface area contributed by atoms with E-state index in [-0.39, 0.29) is 35.3 Å². The highest BCUT2D eigenvalue weighted by Crippen LogP contribution is 2.29. The van der Waals surface area contributed by atoms with Gasteiger partial charge in [-0.25, -0.2) is 9.59 Å². The number of benzene rings is 4. The van der Waals surface area contributed by atoms with Gasteiger partial charge in [0.25, 0.3) is 0 Å². The lowest BCUT2D eigenvalue weighted by molar-refractivity contribution is -0.116. The lowest BCUT2D eigenvalue weighted by Gasteiger charge is -2.13. The van der Waals surface area contributed by atoms with Crippen molar-refractivity contribution in [2.75, 3.05) is 24.9 Å². The summed E-state index contributed by atoms with van der Waals surface area (Å²) in [6, 6.07) is 22.6. The van der Waals surface area contributed by atoms with E-state index in [2.05, 4.69) is 10.6 Å². The van der Waals surface area contributed by atoms with E-state index in [4.69, 9.17) is 9.47 Å². The van der Waals surface area contributed by atoms with E-state index in [1.54, 1.807) is 74.9 Å². The maximum atomic E-state index is 12.6. The zero-order valence-electron chi connectivity index (χ0n) is 22.8. The molecule has 10 nitrogen and oxygen atoms in total. The molecule has 0 aromatic heterocycles. The molecule has 214 valence electrons. The molecule has 0 aliphatic carbocycles. The van der Waals surface area contributed by atoms with E-state index in [9.17, 15) is 29.4 Å². The maximum Gasteiger partial charge on any atom is 0.337 e. The molecule has 2 amide bonds. The van der Waals surface area contributed by atoms with E-state index in [0.717, 1.165) is 11.1 Å². The number of hydrogen-bond donors (Lipinski definition) is 4. The molecule has 0 atom stereocenters. The van der Waals surface area contributed by atoms with Crippen LogP contribution in [0.15, 0.2) is 84.9 Å². The van der Waals surface area contributed by atoms with Crippen molar-refractivity contribution in [2.24, 2.45) is 0 Å². The molecule has 4 aromatic rings. The van der Waals surface area contributed by atoms with Gasteiger partial charge in [0.15, 0.2) is 0 Å². The van der Waals surface area contributed by atoms with Crippen molar-refractivity contribution in [3.8, 4) is 22.6 Å². The molecule has 0 saturated carbocycles. The Morgan fingerprint density at radius 1 is 0.571 bits per heavy atom. The number of amides is 2. The van der Waals surface area contributed by atoms with Crippen LogP contribution in [0.1, 0.15) is 31.8 Å². The molecule has 0 saturated heterocycles. The fraction of sp³-hybridized carbons (Fsp3) is 0.125. The second-order valence-corrected chi connectivity index (χ2v) is 9.28. The Labute approximate surface area is 241 Å². The van der Waals surface area contributed by atoms with Gasteiger partial charge < -0.3 is 30.3 Å². The third-order valence-electron chi connectivity index (χ3n) is 6.43. The Morgan fingerprint density at radius 2 is 0.929 bits per heavy atom. The summed E-state index contributed by atoms with van der Waals surface area (Å²) in [5.74, 6) is -2.04. The first-order valence-electron chi connectivity index (χ1n) is 12.8. The third-order valence-corrected chi connectivity index (χ3v) is 6.43. The van der Waals surface area contributed by atoms with Gasteiger partial charge in [-0.15, -0.1) is 0 Å². The quantitative estimate of drug-likeness (QED) is 0.194. The number of carbonyl (C=O) groups excluding carboxylic acids is 2. The number of rotatable bonds is 11. The Kier molecular flexibility index (Phi) is 9.18. The normalized spacial score (nSPS) is 10.4. The lowest BCUT2D eigenvalue weighted by Crippen LogP contribution is -2.17. The zero-order chi connectivity index (χ0) is 30.2. The molecule has 42 heavy (non-hydrogen) atoms. The van der Waals surface area contributed by atoms with Crippen LogP contribution >= 0.6 is 0 Å². The highest BCUT2D eigenvalue weighted by molar-refractivity contribution is 6.04. The molecule has 0 heterocycles. The van der Waals surface area contributed by atoms with Crippen molar-refractivity contribution < 1.29 is 38.9 Å². The smallest absolute Gasteiger partial charge is 0.337 e. The van der Waals surface area contributed by atoms with Gasteiger partial charge in [-0.1, -0.05) is 36.4 Å². The van der Waals surface area contributed by atoms with Gasteiger partial charge in [0, 0.05) is 0 Å². The van der Waals surface area contributed by atoms with Crippen LogP contribution in [0, 0.1) is 0 Å². The first-order chi connectivity index (χ1) is 20.2. The standard InChI is InChI=1S/C32H28N2O8/c1-41-23-9-3-19(4-10-23)15-29(35)33-27-13-7-21(17-25(27)31(37)38)22-8-14-28(26(18-22)32(39)40)34-30(36)16-20-5-11-24(42-2)12-6-20/h3-14,17-18H,15-16H2,1-2H3,(H,33,35)(H,34,36)(H,37,38)(H,39,40). The largest absolute Gasteiger partial charge is 0.497 e. The fourth-order valence-electron chi connectivity index (χ4n) is 4.27. The summed E-state index contributed by atoms with van der Waals surface area (Å²) < 4.78 is 10.2. The van der Waals surface area contributed by atoms with Crippen molar-refractivity contribution in [1.82, 2.24) is 0 Å². The van der Waals surface area contributed by atoms with E-state index < -0.39 is 23.8 Å². The summed E-state index contributed by atoms with van der Waals surface area (Å²) in [6.45, 7) is 0. The Bertz CT molecular complexity index is 1510. The van der Waals surface area contributed by atoms with Crippen LogP contribution < -0.4 is 20.1 Å². The van der Waals surface area contributed by atoms with Gasteiger partial charge in [-0.3, -0.25) is 9.59 Å². The number of carboxylic acid groups (broad SMARTS) is 2. The Morgan fingerprint density at radius 3 is 1.24 bits per heavy atom. The first-order valence-corrected chi connectivity index (χ1v) is 12.8. The van der Waals surface area contributed by atoms with Gasteiger partial charge in [-0.05, 0) is 70.8 Å². The van der Waals surface area contributed by atoms with Crippen molar-refractivity contribution >= 4 is 35.1 Å². The minimum absolute atomic E-state index is 0.0262. The number of methoxy groups -OCH3 is 2. The molecule has 10 heteroatoms. The summed E-state index contributed by atoms with van der Waals surface area (Å²) >= 11 is 0. The number of aromatic carboxylic acids is 2. The summed E-state index contributed by atoms with van der Waals surface area (Å²) in [6.07, 6.45) is 0.0524. The molecular formula is C32H28N2O8. The van der Waals surface area contributed by atoms with Crippen LogP contribution in [0.2, 0.25) is 0 Å². The van der Waals surface area contributed by atoms with E-state index in [1.165, 1.54) is 24.3 Å². The molecule has 4 rings (SSSR count). The number of anilines is 2. The SMILES string of the molecule is COc1ccc(CC(=O)Nc2ccc(-c3ccc(NC(=O)Cc4ccc(OC)cc4)c(C(=O)O)c3)cc2C(=O)O)cc1. The molecule has 0 radical (unpaired) electrons. The average molecular weight is 569 g/mol. The Hall–Kier alpha value is -5.64. The van der Waals surface area contributed by atoms with Crippen LogP contribution in [0.3, 0.4) is 0 Å². The molecule has 0 aliphatic rings. The molecular weight excluding hydrogens is 540 g/mol. The molecule has 0 fully saturated rings. The molecule has 0 aliphatic heterocycles. The van der Waals surface area contributed by atoms with Crippen LogP contribution in [0.4, 0.5) is 11.4 Å². The minimum atomic E-state index is -1.27. The van der Waals surface area contributed by atoms with Crippen LogP contribution in [-0.4, -0.2) is 48.2 Å². The monoisotopic (exact) mass is 568 g/mol. The number of ether oxygens (including phenoxy) is 2.